The van der Waals surface area contributed by atoms with Crippen molar-refractivity contribution in [3.05, 3.63) is 81.7 Å². The standard InChI is InChI=1S/C24H27N5O5/c1-4-28-14-21(22(27-28)24(31)25-13-16(2)3)26-23(30)18-7-5-6-17(12-18)15-34-20-10-8-19(9-11-20)29(32)33/h5-12,14,16H,4,13,15H2,1-3H3,(H,25,31)(H,26,30). The maximum atomic E-state index is 12.9. The Balaban J connectivity index is 1.68. The largest absolute Gasteiger partial charge is 0.489 e. The maximum absolute atomic E-state index is 12.9. The van der Waals surface area contributed by atoms with Gasteiger partial charge in [-0.1, -0.05) is 26.0 Å². The molecule has 0 bridgehead atoms. The summed E-state index contributed by atoms with van der Waals surface area (Å²) in [5.41, 5.74) is 1.61. The Kier molecular flexibility index (Phi) is 7.96. The van der Waals surface area contributed by atoms with Crippen molar-refractivity contribution in [2.24, 2.45) is 5.92 Å². The molecule has 0 aliphatic rings. The van der Waals surface area contributed by atoms with Crippen molar-refractivity contribution >= 4 is 23.2 Å². The second-order valence-electron chi connectivity index (χ2n) is 8.05. The van der Waals surface area contributed by atoms with Crippen molar-refractivity contribution in [1.82, 2.24) is 15.1 Å². The molecule has 0 saturated heterocycles. The van der Waals surface area contributed by atoms with Crippen LogP contribution in [0.15, 0.2) is 54.7 Å². The molecular formula is C24H27N5O5. The number of hydrogen-bond acceptors (Lipinski definition) is 6. The summed E-state index contributed by atoms with van der Waals surface area (Å²) in [5.74, 6) is 0.0305. The average Bonchev–Trinajstić information content (AvgIpc) is 3.24. The van der Waals surface area contributed by atoms with Gasteiger partial charge < -0.3 is 15.4 Å². The highest BCUT2D eigenvalue weighted by molar-refractivity contribution is 6.08. The number of nitro groups is 1. The summed E-state index contributed by atoms with van der Waals surface area (Å²) < 4.78 is 7.27. The first kappa shape index (κ1) is 24.4. The molecule has 34 heavy (non-hydrogen) atoms. The lowest BCUT2D eigenvalue weighted by molar-refractivity contribution is -0.384. The smallest absolute Gasteiger partial charge is 0.273 e. The number of anilines is 1. The zero-order chi connectivity index (χ0) is 24.7. The van der Waals surface area contributed by atoms with Crippen LogP contribution in [0.5, 0.6) is 5.75 Å². The van der Waals surface area contributed by atoms with Crippen molar-refractivity contribution in [2.75, 3.05) is 11.9 Å². The predicted octanol–water partition coefficient (Wildman–Crippen LogP) is 4.03. The fourth-order valence-electron chi connectivity index (χ4n) is 3.05. The topological polar surface area (TPSA) is 128 Å². The van der Waals surface area contributed by atoms with Gasteiger partial charge in [-0.25, -0.2) is 0 Å². The molecule has 0 aliphatic heterocycles. The van der Waals surface area contributed by atoms with Gasteiger partial charge in [0.2, 0.25) is 0 Å². The monoisotopic (exact) mass is 465 g/mol. The van der Waals surface area contributed by atoms with Crippen LogP contribution in [0.25, 0.3) is 0 Å². The molecule has 178 valence electrons. The van der Waals surface area contributed by atoms with Gasteiger partial charge in [0.25, 0.3) is 17.5 Å². The third-order valence-electron chi connectivity index (χ3n) is 4.86. The first-order valence-electron chi connectivity index (χ1n) is 10.9. The van der Waals surface area contributed by atoms with Crippen LogP contribution in [0.1, 0.15) is 47.2 Å². The zero-order valence-corrected chi connectivity index (χ0v) is 19.3. The molecule has 0 atom stereocenters. The number of nitro benzene ring substituents is 1. The number of benzene rings is 2. The number of non-ortho nitro benzene ring substituents is 1. The first-order valence-corrected chi connectivity index (χ1v) is 10.9. The quantitative estimate of drug-likeness (QED) is 0.344. The highest BCUT2D eigenvalue weighted by atomic mass is 16.6. The zero-order valence-electron chi connectivity index (χ0n) is 19.3. The Bertz CT molecular complexity index is 1170. The van der Waals surface area contributed by atoms with Crippen molar-refractivity contribution in [2.45, 2.75) is 33.9 Å². The molecule has 0 unspecified atom stereocenters. The van der Waals surface area contributed by atoms with Crippen LogP contribution in [0.2, 0.25) is 0 Å². The molecule has 10 heteroatoms. The number of rotatable bonds is 10. The van der Waals surface area contributed by atoms with E-state index in [-0.39, 0.29) is 35.7 Å². The van der Waals surface area contributed by atoms with Crippen LogP contribution in [0.4, 0.5) is 11.4 Å². The minimum Gasteiger partial charge on any atom is -0.489 e. The maximum Gasteiger partial charge on any atom is 0.273 e. The molecule has 1 heterocycles. The van der Waals surface area contributed by atoms with Crippen molar-refractivity contribution in [3.63, 3.8) is 0 Å². The number of carbonyl (C=O) groups is 2. The van der Waals surface area contributed by atoms with E-state index in [1.165, 1.54) is 24.3 Å². The minimum atomic E-state index is -0.477. The van der Waals surface area contributed by atoms with E-state index in [1.807, 2.05) is 26.8 Å². The van der Waals surface area contributed by atoms with Crippen LogP contribution in [-0.4, -0.2) is 33.1 Å². The third-order valence-corrected chi connectivity index (χ3v) is 4.86. The summed E-state index contributed by atoms with van der Waals surface area (Å²) >= 11 is 0. The van der Waals surface area contributed by atoms with E-state index in [2.05, 4.69) is 15.7 Å². The Morgan fingerprint density at radius 3 is 2.53 bits per heavy atom. The molecule has 10 nitrogen and oxygen atoms in total. The Labute approximate surface area is 197 Å². The number of hydrogen-bond donors (Lipinski definition) is 2. The number of aryl methyl sites for hydroxylation is 1. The van der Waals surface area contributed by atoms with Gasteiger partial charge in [0.05, 0.1) is 10.6 Å². The summed E-state index contributed by atoms with van der Waals surface area (Å²) in [6.45, 7) is 7.11. The summed E-state index contributed by atoms with van der Waals surface area (Å²) in [5, 5.41) is 20.6. The van der Waals surface area contributed by atoms with E-state index in [4.69, 9.17) is 4.74 Å². The molecule has 0 spiro atoms. The molecule has 0 saturated carbocycles. The van der Waals surface area contributed by atoms with Crippen molar-refractivity contribution in [1.29, 1.82) is 0 Å². The predicted molar refractivity (Wildman–Crippen MR) is 127 cm³/mol. The van der Waals surface area contributed by atoms with E-state index < -0.39 is 4.92 Å². The number of amides is 2. The molecule has 0 fully saturated rings. The molecule has 0 radical (unpaired) electrons. The summed E-state index contributed by atoms with van der Waals surface area (Å²) in [6.07, 6.45) is 1.63. The third kappa shape index (κ3) is 6.41. The van der Waals surface area contributed by atoms with Crippen LogP contribution < -0.4 is 15.4 Å². The number of aromatic nitrogens is 2. The molecular weight excluding hydrogens is 438 g/mol. The average molecular weight is 466 g/mol. The van der Waals surface area contributed by atoms with Gasteiger partial charge in [0.15, 0.2) is 5.69 Å². The molecule has 1 aromatic heterocycles. The van der Waals surface area contributed by atoms with Crippen LogP contribution in [0, 0.1) is 16.0 Å². The lowest BCUT2D eigenvalue weighted by atomic mass is 10.1. The fourth-order valence-corrected chi connectivity index (χ4v) is 3.05. The van der Waals surface area contributed by atoms with Crippen LogP contribution in [-0.2, 0) is 13.2 Å². The second-order valence-corrected chi connectivity index (χ2v) is 8.05. The summed E-state index contributed by atoms with van der Waals surface area (Å²) in [4.78, 5) is 35.7. The van der Waals surface area contributed by atoms with E-state index in [0.717, 1.165) is 5.56 Å². The van der Waals surface area contributed by atoms with Gasteiger partial charge in [0.1, 0.15) is 12.4 Å². The Hall–Kier alpha value is -4.21. The first-order chi connectivity index (χ1) is 16.3. The van der Waals surface area contributed by atoms with E-state index in [0.29, 0.717) is 30.1 Å². The SMILES string of the molecule is CCn1cc(NC(=O)c2cccc(COc3ccc([N+](=O)[O-])cc3)c2)c(C(=O)NCC(C)C)n1. The van der Waals surface area contributed by atoms with E-state index in [9.17, 15) is 19.7 Å². The minimum absolute atomic E-state index is 0.0188. The molecule has 2 aromatic carbocycles. The summed E-state index contributed by atoms with van der Waals surface area (Å²) in [7, 11) is 0. The van der Waals surface area contributed by atoms with Crippen molar-refractivity contribution in [3.8, 4) is 5.75 Å². The number of nitrogens with one attached hydrogen (secondary N) is 2. The molecule has 3 aromatic rings. The number of ether oxygens (including phenoxy) is 1. The van der Waals surface area contributed by atoms with Gasteiger partial charge in [-0.3, -0.25) is 24.4 Å². The lowest BCUT2D eigenvalue weighted by Crippen LogP contribution is -2.28. The molecule has 0 aliphatic carbocycles. The summed E-state index contributed by atoms with van der Waals surface area (Å²) in [6, 6.07) is 12.7. The molecule has 2 amide bonds. The van der Waals surface area contributed by atoms with Gasteiger partial charge in [-0.2, -0.15) is 5.10 Å². The van der Waals surface area contributed by atoms with E-state index in [1.54, 1.807) is 29.1 Å². The number of nitrogens with zero attached hydrogens (tertiary/aromatic N) is 3. The normalized spacial score (nSPS) is 10.7. The molecule has 2 N–H and O–H groups in total. The second kappa shape index (κ2) is 11.1. The van der Waals surface area contributed by atoms with Crippen LogP contribution in [0.3, 0.4) is 0 Å². The molecule has 3 rings (SSSR count). The number of carbonyl (C=O) groups excluding carboxylic acids is 2. The highest BCUT2D eigenvalue weighted by Gasteiger charge is 2.19. The van der Waals surface area contributed by atoms with Gasteiger partial charge in [-0.15, -0.1) is 0 Å². The van der Waals surface area contributed by atoms with Gasteiger partial charge >= 0.3 is 0 Å². The van der Waals surface area contributed by atoms with Crippen LogP contribution >= 0.6 is 0 Å². The fraction of sp³-hybridized carbons (Fsp3) is 0.292. The Morgan fingerprint density at radius 1 is 1.15 bits per heavy atom. The van der Waals surface area contributed by atoms with E-state index >= 15 is 0 Å². The highest BCUT2D eigenvalue weighted by Crippen LogP contribution is 2.20. The Morgan fingerprint density at radius 2 is 1.88 bits per heavy atom. The van der Waals surface area contributed by atoms with Crippen molar-refractivity contribution < 1.29 is 19.2 Å². The van der Waals surface area contributed by atoms with Gasteiger partial charge in [-0.05, 0) is 42.7 Å². The lowest BCUT2D eigenvalue weighted by Gasteiger charge is -2.09. The van der Waals surface area contributed by atoms with Gasteiger partial charge in [0, 0.05) is 37.0 Å².